The van der Waals surface area contributed by atoms with Crippen molar-refractivity contribution in [2.75, 3.05) is 27.8 Å². The first kappa shape index (κ1) is 25.1. The maximum absolute atomic E-state index is 14.0. The predicted molar refractivity (Wildman–Crippen MR) is 134 cm³/mol. The molecule has 0 radical (unpaired) electrons. The van der Waals surface area contributed by atoms with Crippen molar-refractivity contribution < 1.29 is 18.7 Å². The summed E-state index contributed by atoms with van der Waals surface area (Å²) in [4.78, 5) is 19.1. The Bertz CT molecular complexity index is 1340. The van der Waals surface area contributed by atoms with Crippen LogP contribution < -0.4 is 25.6 Å². The highest BCUT2D eigenvalue weighted by Gasteiger charge is 2.28. The van der Waals surface area contributed by atoms with E-state index in [1.807, 2.05) is 18.0 Å². The number of hydrazine groups is 1. The van der Waals surface area contributed by atoms with Crippen molar-refractivity contribution in [3.05, 3.63) is 70.9 Å². The fraction of sp³-hybridized carbons (Fsp3) is 0.240. The number of halogens is 1. The molecular weight excluding hydrogens is 483 g/mol. The number of hydrogen-bond acceptors (Lipinski definition) is 9. The van der Waals surface area contributed by atoms with Gasteiger partial charge in [-0.25, -0.2) is 20.2 Å². The lowest BCUT2D eigenvalue weighted by Gasteiger charge is -2.25. The van der Waals surface area contributed by atoms with Crippen LogP contribution in [0, 0.1) is 29.0 Å². The Balaban J connectivity index is 1.48. The third-order valence-electron chi connectivity index (χ3n) is 5.37. The van der Waals surface area contributed by atoms with Gasteiger partial charge in [0.1, 0.15) is 28.5 Å². The molecule has 36 heavy (non-hydrogen) atoms. The number of carbonyl (C=O) groups is 1. The molecule has 1 fully saturated rings. The van der Waals surface area contributed by atoms with Crippen LogP contribution in [0.2, 0.25) is 0 Å². The molecule has 9 nitrogen and oxygen atoms in total. The summed E-state index contributed by atoms with van der Waals surface area (Å²) in [7, 11) is 4.85. The minimum Gasteiger partial charge on any atom is -0.496 e. The zero-order valence-corrected chi connectivity index (χ0v) is 20.6. The number of aromatic nitrogens is 1. The molecule has 3 N–H and O–H groups in total. The van der Waals surface area contributed by atoms with Crippen molar-refractivity contribution in [2.24, 2.45) is 0 Å². The van der Waals surface area contributed by atoms with Crippen LogP contribution in [0.15, 0.2) is 48.3 Å². The van der Waals surface area contributed by atoms with Gasteiger partial charge in [-0.15, -0.1) is 0 Å². The van der Waals surface area contributed by atoms with E-state index in [0.717, 1.165) is 0 Å². The van der Waals surface area contributed by atoms with E-state index in [2.05, 4.69) is 33.0 Å². The Morgan fingerprint density at radius 3 is 2.83 bits per heavy atom. The maximum atomic E-state index is 14.0. The van der Waals surface area contributed by atoms with Crippen molar-refractivity contribution in [3.63, 3.8) is 0 Å². The third kappa shape index (κ3) is 5.61. The van der Waals surface area contributed by atoms with E-state index in [4.69, 9.17) is 14.7 Å². The minimum atomic E-state index is -0.457. The number of nitrogens with zero attached hydrogens (tertiary/aromatic N) is 3. The Hall–Kier alpha value is -4.03. The lowest BCUT2D eigenvalue weighted by Crippen LogP contribution is -2.44. The van der Waals surface area contributed by atoms with Crippen molar-refractivity contribution in [1.29, 1.82) is 5.26 Å². The van der Waals surface area contributed by atoms with Gasteiger partial charge in [-0.2, -0.15) is 5.26 Å². The average Bonchev–Trinajstić information content (AvgIpc) is 3.34. The zero-order valence-electron chi connectivity index (χ0n) is 19.8. The molecule has 0 bridgehead atoms. The second-order valence-corrected chi connectivity index (χ2v) is 9.00. The highest BCUT2D eigenvalue weighted by Crippen LogP contribution is 2.32. The zero-order chi connectivity index (χ0) is 25.7. The molecule has 4 rings (SSSR count). The molecule has 1 saturated heterocycles. The van der Waals surface area contributed by atoms with Gasteiger partial charge in [0.15, 0.2) is 11.4 Å². The molecule has 11 heteroatoms. The van der Waals surface area contributed by atoms with Crippen LogP contribution in [0.25, 0.3) is 5.57 Å². The third-order valence-corrected chi connectivity index (χ3v) is 6.38. The second-order valence-electron chi connectivity index (χ2n) is 7.78. The van der Waals surface area contributed by atoms with Crippen molar-refractivity contribution >= 4 is 23.2 Å². The van der Waals surface area contributed by atoms with E-state index in [0.29, 0.717) is 40.3 Å². The normalized spacial score (nSPS) is 18.8. The maximum Gasteiger partial charge on any atom is 0.253 e. The number of methoxy groups -OCH3 is 2. The highest BCUT2D eigenvalue weighted by molar-refractivity contribution is 8.00. The molecule has 1 amide bonds. The van der Waals surface area contributed by atoms with Crippen LogP contribution in [-0.2, 0) is 4.79 Å². The molecule has 3 heterocycles. The van der Waals surface area contributed by atoms with Crippen LogP contribution in [0.4, 0.5) is 4.39 Å². The SMILES string of the molecule is COc1ccc(F)cc1C1=C(C(=O)NC2NNC(C#Cc3cnc(C#N)c(OC)c3)S2)C=CN(C)C1. The molecule has 2 aliphatic heterocycles. The largest absolute Gasteiger partial charge is 0.496 e. The van der Waals surface area contributed by atoms with Gasteiger partial charge < -0.3 is 19.7 Å². The van der Waals surface area contributed by atoms with Gasteiger partial charge in [-0.05, 0) is 36.0 Å². The van der Waals surface area contributed by atoms with E-state index in [9.17, 15) is 9.18 Å². The summed E-state index contributed by atoms with van der Waals surface area (Å²) in [6.45, 7) is 0.415. The fourth-order valence-electron chi connectivity index (χ4n) is 3.64. The van der Waals surface area contributed by atoms with E-state index in [-0.39, 0.29) is 17.0 Å². The van der Waals surface area contributed by atoms with Crippen LogP contribution in [0.5, 0.6) is 11.5 Å². The van der Waals surface area contributed by atoms with Crippen LogP contribution >= 0.6 is 11.8 Å². The second kappa shape index (κ2) is 11.1. The molecule has 1 aromatic carbocycles. The topological polar surface area (TPSA) is 112 Å². The number of amides is 1. The Morgan fingerprint density at radius 2 is 2.08 bits per heavy atom. The Kier molecular flexibility index (Phi) is 7.76. The van der Waals surface area contributed by atoms with E-state index >= 15 is 0 Å². The monoisotopic (exact) mass is 506 g/mol. The van der Waals surface area contributed by atoms with Gasteiger partial charge in [-0.3, -0.25) is 4.79 Å². The average molecular weight is 507 g/mol. The van der Waals surface area contributed by atoms with E-state index < -0.39 is 11.3 Å². The van der Waals surface area contributed by atoms with Gasteiger partial charge in [0.2, 0.25) is 0 Å². The van der Waals surface area contributed by atoms with Crippen molar-refractivity contribution in [3.8, 4) is 29.4 Å². The summed E-state index contributed by atoms with van der Waals surface area (Å²) >= 11 is 1.37. The number of thioether (sulfide) groups is 1. The Morgan fingerprint density at radius 1 is 1.28 bits per heavy atom. The van der Waals surface area contributed by atoms with E-state index in [1.165, 1.54) is 44.3 Å². The molecular formula is C25H23FN6O3S. The number of likely N-dealkylation sites (N-methyl/N-ethyl adjacent to an activating group) is 1. The van der Waals surface area contributed by atoms with Gasteiger partial charge in [-0.1, -0.05) is 23.6 Å². The number of hydrogen-bond donors (Lipinski definition) is 3. The summed E-state index contributed by atoms with van der Waals surface area (Å²) in [5, 5.41) is 11.7. The van der Waals surface area contributed by atoms with E-state index in [1.54, 1.807) is 24.4 Å². The molecule has 2 unspecified atom stereocenters. The van der Waals surface area contributed by atoms with Gasteiger partial charge in [0, 0.05) is 42.6 Å². The minimum absolute atomic E-state index is 0.188. The summed E-state index contributed by atoms with van der Waals surface area (Å²) in [6.07, 6.45) is 5.00. The highest BCUT2D eigenvalue weighted by atomic mass is 32.2. The van der Waals surface area contributed by atoms with Gasteiger partial charge in [0.25, 0.3) is 5.91 Å². The summed E-state index contributed by atoms with van der Waals surface area (Å²) < 4.78 is 24.6. The van der Waals surface area contributed by atoms with Crippen LogP contribution in [0.1, 0.15) is 16.8 Å². The number of nitriles is 1. The molecule has 0 saturated carbocycles. The first-order valence-electron chi connectivity index (χ1n) is 10.8. The lowest BCUT2D eigenvalue weighted by atomic mass is 9.95. The van der Waals surface area contributed by atoms with Crippen molar-refractivity contribution in [2.45, 2.75) is 10.9 Å². The number of rotatable bonds is 5. The standard InChI is InChI=1S/C25H23FN6O3S/c1-32-9-8-17(19(14-32)18-11-16(26)5-6-21(18)34-2)24(33)29-25-31-30-23(36-25)7-4-15-10-22(35-3)20(12-27)28-13-15/h5-6,8-11,13,23,25,30-31H,14H2,1-3H3,(H,29,33). The Labute approximate surface area is 212 Å². The number of ether oxygens (including phenoxy) is 2. The fourth-order valence-corrected chi connectivity index (χ4v) is 4.49. The molecule has 0 spiro atoms. The number of pyridine rings is 1. The number of benzene rings is 1. The quantitative estimate of drug-likeness (QED) is 0.524. The summed E-state index contributed by atoms with van der Waals surface area (Å²) in [5.74, 6) is 6.14. The molecule has 0 aliphatic carbocycles. The van der Waals surface area contributed by atoms with Crippen molar-refractivity contribution in [1.82, 2.24) is 26.1 Å². The first-order valence-corrected chi connectivity index (χ1v) is 11.7. The molecule has 2 aromatic rings. The smallest absolute Gasteiger partial charge is 0.253 e. The number of carbonyl (C=O) groups excluding carboxylic acids is 1. The van der Waals surface area contributed by atoms with Gasteiger partial charge >= 0.3 is 0 Å². The number of nitrogens with one attached hydrogen (secondary N) is 3. The van der Waals surface area contributed by atoms with Crippen LogP contribution in [-0.4, -0.2) is 54.5 Å². The molecule has 2 atom stereocenters. The first-order chi connectivity index (χ1) is 17.4. The molecule has 2 aliphatic rings. The van der Waals surface area contributed by atoms with Crippen LogP contribution in [0.3, 0.4) is 0 Å². The van der Waals surface area contributed by atoms with Gasteiger partial charge in [0.05, 0.1) is 14.2 Å². The molecule has 184 valence electrons. The summed E-state index contributed by atoms with van der Waals surface area (Å²) in [5.41, 5.74) is 7.95. The molecule has 1 aromatic heterocycles. The predicted octanol–water partition coefficient (Wildman–Crippen LogP) is 1.94. The lowest BCUT2D eigenvalue weighted by molar-refractivity contribution is -0.117. The summed E-state index contributed by atoms with van der Waals surface area (Å²) in [6, 6.07) is 7.84.